The molecule has 1 N–H and O–H groups in total. The van der Waals surface area contributed by atoms with Crippen LogP contribution in [-0.4, -0.2) is 38.4 Å². The molecule has 0 spiro atoms. The Morgan fingerprint density at radius 1 is 1.33 bits per heavy atom. The molecule has 0 fully saturated rings. The fourth-order valence-corrected chi connectivity index (χ4v) is 2.08. The van der Waals surface area contributed by atoms with Crippen molar-refractivity contribution in [2.75, 3.05) is 33.5 Å². The van der Waals surface area contributed by atoms with Crippen molar-refractivity contribution in [3.63, 3.8) is 0 Å². The van der Waals surface area contributed by atoms with Crippen molar-refractivity contribution in [2.24, 2.45) is 0 Å². The molecule has 1 unspecified atom stereocenters. The lowest BCUT2D eigenvalue weighted by Gasteiger charge is -2.18. The van der Waals surface area contributed by atoms with Crippen molar-refractivity contribution in [3.05, 3.63) is 39.9 Å². The van der Waals surface area contributed by atoms with Gasteiger partial charge in [-0.15, -0.1) is 0 Å². The Morgan fingerprint density at radius 3 is 2.81 bits per heavy atom. The van der Waals surface area contributed by atoms with Crippen LogP contribution < -0.4 is 5.32 Å². The van der Waals surface area contributed by atoms with Crippen molar-refractivity contribution >= 4 is 5.69 Å². The fourth-order valence-electron chi connectivity index (χ4n) is 2.08. The number of nitro groups is 1. The summed E-state index contributed by atoms with van der Waals surface area (Å²) in [4.78, 5) is 10.5. The van der Waals surface area contributed by atoms with Gasteiger partial charge in [-0.05, 0) is 12.0 Å². The Bertz CT molecular complexity index is 426. The summed E-state index contributed by atoms with van der Waals surface area (Å²) in [6, 6.07) is 6.92. The lowest BCUT2D eigenvalue weighted by Crippen LogP contribution is -2.25. The molecule has 0 amide bonds. The molecule has 0 radical (unpaired) electrons. The predicted molar refractivity (Wildman–Crippen MR) is 81.4 cm³/mol. The highest BCUT2D eigenvalue weighted by Gasteiger charge is 2.13. The summed E-state index contributed by atoms with van der Waals surface area (Å²) in [6.07, 6.45) is 1.93. The molecule has 0 saturated carbocycles. The van der Waals surface area contributed by atoms with Crippen molar-refractivity contribution < 1.29 is 14.4 Å². The van der Waals surface area contributed by atoms with Gasteiger partial charge in [0.25, 0.3) is 5.69 Å². The molecule has 6 nitrogen and oxygen atoms in total. The van der Waals surface area contributed by atoms with E-state index in [1.54, 1.807) is 19.2 Å². The Kier molecular flexibility index (Phi) is 8.57. The lowest BCUT2D eigenvalue weighted by atomic mass is 10.0. The molecule has 0 heterocycles. The van der Waals surface area contributed by atoms with Crippen LogP contribution in [-0.2, 0) is 9.47 Å². The highest BCUT2D eigenvalue weighted by atomic mass is 16.6. The van der Waals surface area contributed by atoms with Crippen LogP contribution >= 0.6 is 0 Å². The van der Waals surface area contributed by atoms with Gasteiger partial charge < -0.3 is 14.8 Å². The van der Waals surface area contributed by atoms with Crippen molar-refractivity contribution in [3.8, 4) is 0 Å². The van der Waals surface area contributed by atoms with E-state index in [1.165, 1.54) is 6.07 Å². The highest BCUT2D eigenvalue weighted by Crippen LogP contribution is 2.22. The van der Waals surface area contributed by atoms with Crippen LogP contribution in [0.1, 0.15) is 31.4 Å². The van der Waals surface area contributed by atoms with E-state index in [9.17, 15) is 10.1 Å². The average Bonchev–Trinajstić information content (AvgIpc) is 2.49. The van der Waals surface area contributed by atoms with Crippen molar-refractivity contribution in [1.29, 1.82) is 0 Å². The number of non-ortho nitro benzene ring substituents is 1. The van der Waals surface area contributed by atoms with Crippen LogP contribution in [0, 0.1) is 10.1 Å². The summed E-state index contributed by atoms with van der Waals surface area (Å²) < 4.78 is 10.3. The maximum Gasteiger partial charge on any atom is 0.269 e. The standard InChI is InChI=1S/C15H24N2O4/c1-3-5-15(16-8-9-21-11-10-20-2)13-6-4-7-14(12-13)17(18)19/h4,6-7,12,15-16H,3,5,8-11H2,1-2H3. The monoisotopic (exact) mass is 296 g/mol. The minimum Gasteiger partial charge on any atom is -0.382 e. The van der Waals surface area contributed by atoms with Gasteiger partial charge in [-0.1, -0.05) is 25.5 Å². The molecule has 0 bridgehead atoms. The Labute approximate surface area is 125 Å². The van der Waals surface area contributed by atoms with Gasteiger partial charge >= 0.3 is 0 Å². The third kappa shape index (κ3) is 6.66. The largest absolute Gasteiger partial charge is 0.382 e. The first-order valence-electron chi connectivity index (χ1n) is 7.23. The summed E-state index contributed by atoms with van der Waals surface area (Å²) in [7, 11) is 1.64. The van der Waals surface area contributed by atoms with Gasteiger partial charge in [-0.3, -0.25) is 10.1 Å². The first-order chi connectivity index (χ1) is 10.2. The van der Waals surface area contributed by atoms with E-state index in [0.29, 0.717) is 26.4 Å². The molecule has 0 saturated heterocycles. The van der Waals surface area contributed by atoms with E-state index in [4.69, 9.17) is 9.47 Å². The van der Waals surface area contributed by atoms with Gasteiger partial charge in [0.15, 0.2) is 0 Å². The predicted octanol–water partition coefficient (Wildman–Crippen LogP) is 2.69. The summed E-state index contributed by atoms with van der Waals surface area (Å²) >= 11 is 0. The highest BCUT2D eigenvalue weighted by molar-refractivity contribution is 5.35. The summed E-state index contributed by atoms with van der Waals surface area (Å²) in [5, 5.41) is 14.2. The normalized spacial score (nSPS) is 12.3. The maximum absolute atomic E-state index is 10.8. The second kappa shape index (κ2) is 10.3. The number of hydrogen-bond donors (Lipinski definition) is 1. The molecule has 0 aliphatic heterocycles. The number of nitro benzene ring substituents is 1. The molecular formula is C15H24N2O4. The minimum absolute atomic E-state index is 0.112. The topological polar surface area (TPSA) is 73.6 Å². The SMILES string of the molecule is CCCC(NCCOCCOC)c1cccc([N+](=O)[O-])c1. The molecule has 1 atom stereocenters. The Morgan fingerprint density at radius 2 is 2.14 bits per heavy atom. The number of hydrogen-bond acceptors (Lipinski definition) is 5. The molecule has 118 valence electrons. The molecular weight excluding hydrogens is 272 g/mol. The lowest BCUT2D eigenvalue weighted by molar-refractivity contribution is -0.384. The molecule has 21 heavy (non-hydrogen) atoms. The van der Waals surface area contributed by atoms with E-state index in [0.717, 1.165) is 18.4 Å². The van der Waals surface area contributed by atoms with Crippen LogP contribution in [0.15, 0.2) is 24.3 Å². The van der Waals surface area contributed by atoms with Crippen molar-refractivity contribution in [2.45, 2.75) is 25.8 Å². The van der Waals surface area contributed by atoms with Crippen LogP contribution in [0.4, 0.5) is 5.69 Å². The number of methoxy groups -OCH3 is 1. The number of rotatable bonds is 11. The van der Waals surface area contributed by atoms with E-state index >= 15 is 0 Å². The molecule has 1 aromatic rings. The average molecular weight is 296 g/mol. The first kappa shape index (κ1) is 17.6. The van der Waals surface area contributed by atoms with Crippen LogP contribution in [0.2, 0.25) is 0 Å². The number of nitrogens with one attached hydrogen (secondary N) is 1. The van der Waals surface area contributed by atoms with E-state index in [1.807, 2.05) is 6.07 Å². The molecule has 0 aliphatic carbocycles. The molecule has 0 aliphatic rings. The minimum atomic E-state index is -0.361. The Hall–Kier alpha value is -1.50. The van der Waals surface area contributed by atoms with Crippen molar-refractivity contribution in [1.82, 2.24) is 5.32 Å². The van der Waals surface area contributed by atoms with Gasteiger partial charge in [-0.2, -0.15) is 0 Å². The first-order valence-corrected chi connectivity index (χ1v) is 7.23. The third-order valence-corrected chi connectivity index (χ3v) is 3.13. The molecule has 1 aromatic carbocycles. The number of ether oxygens (including phenoxy) is 2. The van der Waals surface area contributed by atoms with E-state index in [2.05, 4.69) is 12.2 Å². The van der Waals surface area contributed by atoms with Gasteiger partial charge in [0.2, 0.25) is 0 Å². The van der Waals surface area contributed by atoms with Gasteiger partial charge in [-0.25, -0.2) is 0 Å². The zero-order valence-corrected chi connectivity index (χ0v) is 12.7. The maximum atomic E-state index is 10.8. The smallest absolute Gasteiger partial charge is 0.269 e. The summed E-state index contributed by atoms with van der Waals surface area (Å²) in [6.45, 7) is 4.56. The molecule has 6 heteroatoms. The van der Waals surface area contributed by atoms with Gasteiger partial charge in [0.05, 0.1) is 24.7 Å². The summed E-state index contributed by atoms with van der Waals surface area (Å²) in [5.74, 6) is 0. The molecule has 0 aromatic heterocycles. The Balaban J connectivity index is 2.52. The van der Waals surface area contributed by atoms with Crippen LogP contribution in [0.5, 0.6) is 0 Å². The zero-order valence-electron chi connectivity index (χ0n) is 12.7. The third-order valence-electron chi connectivity index (χ3n) is 3.13. The summed E-state index contributed by atoms with van der Waals surface area (Å²) in [5.41, 5.74) is 1.08. The quantitative estimate of drug-likeness (QED) is 0.386. The zero-order chi connectivity index (χ0) is 15.5. The fraction of sp³-hybridized carbons (Fsp3) is 0.600. The van der Waals surface area contributed by atoms with Crippen LogP contribution in [0.3, 0.4) is 0 Å². The number of nitrogens with zero attached hydrogens (tertiary/aromatic N) is 1. The second-order valence-electron chi connectivity index (χ2n) is 4.75. The van der Waals surface area contributed by atoms with Gasteiger partial charge in [0, 0.05) is 31.8 Å². The van der Waals surface area contributed by atoms with E-state index < -0.39 is 0 Å². The second-order valence-corrected chi connectivity index (χ2v) is 4.75. The van der Waals surface area contributed by atoms with E-state index in [-0.39, 0.29) is 16.7 Å². The van der Waals surface area contributed by atoms with Crippen LogP contribution in [0.25, 0.3) is 0 Å². The molecule has 1 rings (SSSR count). The van der Waals surface area contributed by atoms with Gasteiger partial charge in [0.1, 0.15) is 0 Å². The number of benzene rings is 1.